The molecule has 0 amide bonds. The first kappa shape index (κ1) is 15.4. The summed E-state index contributed by atoms with van der Waals surface area (Å²) in [4.78, 5) is 0. The Morgan fingerprint density at radius 3 is 1.68 bits per heavy atom. The maximum absolute atomic E-state index is 2.66. The molecule has 0 saturated carbocycles. The van der Waals surface area contributed by atoms with Gasteiger partial charge in [-0.3, -0.25) is 0 Å². The van der Waals surface area contributed by atoms with Crippen LogP contribution in [0.4, 0.5) is 0 Å². The van der Waals surface area contributed by atoms with Crippen molar-refractivity contribution in [3.8, 4) is 0 Å². The maximum atomic E-state index is 2.66. The van der Waals surface area contributed by atoms with Gasteiger partial charge in [-0.2, -0.15) is 0 Å². The molecule has 4 aliphatic carbocycles. The van der Waals surface area contributed by atoms with E-state index in [0.29, 0.717) is 0 Å². The number of hydrogen-bond acceptors (Lipinski definition) is 0. The fourth-order valence-electron chi connectivity index (χ4n) is 5.05. The fraction of sp³-hybridized carbons (Fsp3) is 0.600. The van der Waals surface area contributed by atoms with Crippen LogP contribution >= 0.6 is 0 Å². The molecule has 0 aromatic rings. The number of allylic oxidation sites excluding steroid dienone is 8. The second-order valence-corrected chi connectivity index (χ2v) is 20.1. The van der Waals surface area contributed by atoms with Crippen LogP contribution in [0.3, 0.4) is 0 Å². The normalized spacial score (nSPS) is 29.9. The Labute approximate surface area is 142 Å². The van der Waals surface area contributed by atoms with Crippen molar-refractivity contribution >= 4 is 6.19 Å². The molecule has 22 heavy (non-hydrogen) atoms. The molecule has 4 rings (SSSR count). The third-order valence-electron chi connectivity index (χ3n) is 6.09. The summed E-state index contributed by atoms with van der Waals surface area (Å²) in [5, 5.41) is 0. The summed E-state index contributed by atoms with van der Waals surface area (Å²) in [6.45, 7) is 5.26. The van der Waals surface area contributed by atoms with Gasteiger partial charge in [0.15, 0.2) is 0 Å². The molecule has 0 bridgehead atoms. The van der Waals surface area contributed by atoms with Gasteiger partial charge in [-0.05, 0) is 0 Å². The Hall–Kier alpha value is -0.109. The Balaban J connectivity index is 1.71. The van der Waals surface area contributed by atoms with E-state index in [9.17, 15) is 0 Å². The topological polar surface area (TPSA) is 0 Å². The Morgan fingerprint density at radius 1 is 0.773 bits per heavy atom. The molecule has 0 heterocycles. The van der Waals surface area contributed by atoms with Crippen molar-refractivity contribution in [3.63, 3.8) is 0 Å². The molecule has 0 aliphatic heterocycles. The first-order valence-electron chi connectivity index (χ1n) is 9.23. The van der Waals surface area contributed by atoms with Gasteiger partial charge in [0, 0.05) is 0 Å². The van der Waals surface area contributed by atoms with Gasteiger partial charge in [-0.25, -0.2) is 0 Å². The van der Waals surface area contributed by atoms with Crippen LogP contribution in [0, 0.1) is 0 Å². The molecule has 2 heteroatoms. The zero-order chi connectivity index (χ0) is 15.1. The summed E-state index contributed by atoms with van der Waals surface area (Å²) in [5.74, 6) is 0. The summed E-state index contributed by atoms with van der Waals surface area (Å²) in [7, 11) is 0. The monoisotopic (exact) mass is 344 g/mol. The zero-order valence-electron chi connectivity index (χ0n) is 14.1. The van der Waals surface area contributed by atoms with E-state index in [1.807, 2.05) is 11.1 Å². The summed E-state index contributed by atoms with van der Waals surface area (Å²) in [6, 6.07) is 0. The van der Waals surface area contributed by atoms with Gasteiger partial charge in [0.2, 0.25) is 0 Å². The standard InChI is InChI=1S/2C9H11.C2H6Si.Ti/c2*1-2-5-9-7-3-6-8(9)4-1;1-3-2;/h2*3,6-7H,1-2,4-5H2;1-2H3;. The fourth-order valence-corrected chi connectivity index (χ4v) is 18.1. The molecule has 2 unspecified atom stereocenters. The summed E-state index contributed by atoms with van der Waals surface area (Å²) < 4.78 is 1.87. The van der Waals surface area contributed by atoms with Crippen molar-refractivity contribution in [2.24, 2.45) is 0 Å². The minimum absolute atomic E-state index is 0.142. The van der Waals surface area contributed by atoms with Gasteiger partial charge in [0.25, 0.3) is 0 Å². The van der Waals surface area contributed by atoms with Crippen LogP contribution in [0.25, 0.3) is 0 Å². The Morgan fingerprint density at radius 2 is 1.23 bits per heavy atom. The van der Waals surface area contributed by atoms with Crippen molar-refractivity contribution in [3.05, 3.63) is 46.6 Å². The van der Waals surface area contributed by atoms with Crippen LogP contribution in [0.1, 0.15) is 51.4 Å². The van der Waals surface area contributed by atoms with Gasteiger partial charge in [-0.1, -0.05) is 0 Å². The molecule has 116 valence electrons. The second-order valence-electron chi connectivity index (χ2n) is 7.64. The van der Waals surface area contributed by atoms with Crippen molar-refractivity contribution in [2.45, 2.75) is 72.9 Å². The number of rotatable bonds is 2. The molecular weight excluding hydrogens is 316 g/mol. The SMILES string of the molecule is C[Si](C)=[Ti]([CH]1C=CC2=C1CCCC2)[CH]1C=CC2=C1CCCC2. The van der Waals surface area contributed by atoms with Crippen molar-refractivity contribution in [1.82, 2.24) is 0 Å². The summed E-state index contributed by atoms with van der Waals surface area (Å²) in [6.07, 6.45) is 21.6. The quantitative estimate of drug-likeness (QED) is 0.515. The summed E-state index contributed by atoms with van der Waals surface area (Å²) >= 11 is -1.12. The van der Waals surface area contributed by atoms with Gasteiger partial charge in [0.05, 0.1) is 0 Å². The Bertz CT molecular complexity index is 591. The van der Waals surface area contributed by atoms with Gasteiger partial charge < -0.3 is 0 Å². The van der Waals surface area contributed by atoms with Crippen molar-refractivity contribution in [2.75, 3.05) is 0 Å². The molecule has 0 aromatic heterocycles. The van der Waals surface area contributed by atoms with E-state index in [1.165, 1.54) is 51.4 Å². The van der Waals surface area contributed by atoms with Gasteiger partial charge in [-0.15, -0.1) is 0 Å². The van der Waals surface area contributed by atoms with Crippen molar-refractivity contribution < 1.29 is 16.6 Å². The Kier molecular flexibility index (Phi) is 4.50. The molecule has 0 fully saturated rings. The number of hydrogen-bond donors (Lipinski definition) is 0. The van der Waals surface area contributed by atoms with E-state index in [2.05, 4.69) is 37.4 Å². The third-order valence-corrected chi connectivity index (χ3v) is 19.0. The van der Waals surface area contributed by atoms with Gasteiger partial charge >= 0.3 is 142 Å². The van der Waals surface area contributed by atoms with Crippen molar-refractivity contribution in [1.29, 1.82) is 0 Å². The molecule has 0 aromatic carbocycles. The molecule has 0 N–H and O–H groups in total. The minimum atomic E-state index is -1.12. The molecular formula is C20H28SiTi. The first-order chi connectivity index (χ1) is 10.8. The van der Waals surface area contributed by atoms with E-state index >= 15 is 0 Å². The third kappa shape index (κ3) is 2.64. The average molecular weight is 344 g/mol. The predicted octanol–water partition coefficient (Wildman–Crippen LogP) is 6.31. The molecule has 4 aliphatic rings. The predicted molar refractivity (Wildman–Crippen MR) is 94.3 cm³/mol. The van der Waals surface area contributed by atoms with E-state index in [4.69, 9.17) is 0 Å². The van der Waals surface area contributed by atoms with Crippen LogP contribution in [0.2, 0.25) is 21.5 Å². The van der Waals surface area contributed by atoms with Crippen LogP contribution < -0.4 is 0 Å². The zero-order valence-corrected chi connectivity index (χ0v) is 16.7. The molecule has 0 saturated heterocycles. The van der Waals surface area contributed by atoms with E-state index in [0.717, 1.165) is 8.45 Å². The first-order valence-corrected chi connectivity index (χ1v) is 15.9. The summed E-state index contributed by atoms with van der Waals surface area (Å²) in [5.41, 5.74) is 7.32. The van der Waals surface area contributed by atoms with Gasteiger partial charge in [0.1, 0.15) is 0 Å². The molecule has 2 atom stereocenters. The van der Waals surface area contributed by atoms with E-state index in [-0.39, 0.29) is 6.19 Å². The van der Waals surface area contributed by atoms with Crippen LogP contribution in [0.5, 0.6) is 0 Å². The van der Waals surface area contributed by atoms with E-state index < -0.39 is 16.6 Å². The van der Waals surface area contributed by atoms with E-state index in [1.54, 1.807) is 11.1 Å². The molecule has 0 spiro atoms. The second kappa shape index (κ2) is 6.42. The van der Waals surface area contributed by atoms with Crippen LogP contribution in [0.15, 0.2) is 46.6 Å². The van der Waals surface area contributed by atoms with Crippen LogP contribution in [-0.2, 0) is 16.6 Å². The van der Waals surface area contributed by atoms with Crippen LogP contribution in [-0.4, -0.2) is 6.19 Å². The molecule has 0 nitrogen and oxygen atoms in total. The average Bonchev–Trinajstić information content (AvgIpc) is 3.13. The molecule has 0 radical (unpaired) electrons.